The van der Waals surface area contributed by atoms with Crippen LogP contribution in [0.5, 0.6) is 5.75 Å². The van der Waals surface area contributed by atoms with Gasteiger partial charge in [0.25, 0.3) is 0 Å². The standard InChI is InChI=1S/C27H29F2N5O/c28-19-3-4-24(22(29)13-19)35-16-17-2-1-11-34(15-17)25-12-18(5-8-31-25)20-6-9-30-23-14-33-27-21(26(20)23)7-10-32-27/h3-4,6-7,9-10,13-14,17-18,25,30-31H,1-2,5,8,11-12,15-16H2. The van der Waals surface area contributed by atoms with E-state index in [2.05, 4.69) is 37.3 Å². The molecule has 4 aromatic rings. The van der Waals surface area contributed by atoms with Gasteiger partial charge in [-0.05, 0) is 74.5 Å². The zero-order chi connectivity index (χ0) is 23.8. The Balaban J connectivity index is 1.16. The average molecular weight is 478 g/mol. The van der Waals surface area contributed by atoms with Crippen LogP contribution in [0.1, 0.15) is 37.2 Å². The number of ether oxygens (including phenoxy) is 1. The van der Waals surface area contributed by atoms with Crippen molar-refractivity contribution in [3.63, 3.8) is 0 Å². The molecule has 0 amide bonds. The number of piperidine rings is 2. The highest BCUT2D eigenvalue weighted by atomic mass is 19.1. The number of H-pyrrole nitrogens is 1. The van der Waals surface area contributed by atoms with Crippen molar-refractivity contribution in [2.45, 2.75) is 37.8 Å². The molecule has 1 aromatic carbocycles. The minimum Gasteiger partial charge on any atom is -0.490 e. The summed E-state index contributed by atoms with van der Waals surface area (Å²) in [5.74, 6) is -0.374. The van der Waals surface area contributed by atoms with E-state index in [1.807, 2.05) is 18.6 Å². The Morgan fingerprint density at radius 3 is 2.97 bits per heavy atom. The van der Waals surface area contributed by atoms with Gasteiger partial charge in [-0.1, -0.05) is 0 Å². The summed E-state index contributed by atoms with van der Waals surface area (Å²) in [5.41, 5.74) is 3.19. The maximum absolute atomic E-state index is 14.0. The van der Waals surface area contributed by atoms with Gasteiger partial charge in [-0.3, -0.25) is 4.90 Å². The molecular formula is C27H29F2N5O. The number of aromatic amines is 1. The normalized spacial score (nSPS) is 23.7. The zero-order valence-electron chi connectivity index (χ0n) is 19.5. The van der Waals surface area contributed by atoms with Crippen molar-refractivity contribution in [3.8, 4) is 5.75 Å². The van der Waals surface area contributed by atoms with Crippen LogP contribution in [0.2, 0.25) is 0 Å². The van der Waals surface area contributed by atoms with Crippen LogP contribution in [0.4, 0.5) is 8.78 Å². The molecule has 8 heteroatoms. The molecule has 2 saturated heterocycles. The van der Waals surface area contributed by atoms with Gasteiger partial charge in [0, 0.05) is 41.7 Å². The molecule has 0 radical (unpaired) electrons. The van der Waals surface area contributed by atoms with Gasteiger partial charge in [0.1, 0.15) is 5.82 Å². The summed E-state index contributed by atoms with van der Waals surface area (Å²) in [6.07, 6.45) is 10.2. The molecule has 3 atom stereocenters. The van der Waals surface area contributed by atoms with Gasteiger partial charge >= 0.3 is 0 Å². The van der Waals surface area contributed by atoms with E-state index in [9.17, 15) is 8.78 Å². The summed E-state index contributed by atoms with van der Waals surface area (Å²) in [5, 5.41) is 6.06. The fourth-order valence-electron chi connectivity index (χ4n) is 5.80. The lowest BCUT2D eigenvalue weighted by Crippen LogP contribution is -2.53. The van der Waals surface area contributed by atoms with Crippen molar-refractivity contribution in [2.24, 2.45) is 5.92 Å². The van der Waals surface area contributed by atoms with E-state index in [1.54, 1.807) is 0 Å². The fourth-order valence-corrected chi connectivity index (χ4v) is 5.80. The van der Waals surface area contributed by atoms with Crippen LogP contribution in [0.15, 0.2) is 48.9 Å². The fraction of sp³-hybridized carbons (Fsp3) is 0.407. The highest BCUT2D eigenvalue weighted by Gasteiger charge is 2.32. The van der Waals surface area contributed by atoms with E-state index in [-0.39, 0.29) is 11.9 Å². The summed E-state index contributed by atoms with van der Waals surface area (Å²) < 4.78 is 32.9. The number of halogens is 2. The first kappa shape index (κ1) is 22.4. The van der Waals surface area contributed by atoms with Gasteiger partial charge in [-0.2, -0.15) is 0 Å². The molecule has 35 heavy (non-hydrogen) atoms. The monoisotopic (exact) mass is 477 g/mol. The first-order valence-corrected chi connectivity index (χ1v) is 12.4. The van der Waals surface area contributed by atoms with Crippen LogP contribution >= 0.6 is 0 Å². The maximum Gasteiger partial charge on any atom is 0.167 e. The molecule has 2 fully saturated rings. The summed E-state index contributed by atoms with van der Waals surface area (Å²) in [4.78, 5) is 14.8. The molecule has 182 valence electrons. The van der Waals surface area contributed by atoms with E-state index >= 15 is 0 Å². The number of fused-ring (bicyclic) bond motifs is 3. The third kappa shape index (κ3) is 4.48. The summed E-state index contributed by atoms with van der Waals surface area (Å²) in [7, 11) is 0. The van der Waals surface area contributed by atoms with Crippen molar-refractivity contribution < 1.29 is 13.5 Å². The van der Waals surface area contributed by atoms with Crippen LogP contribution in [-0.4, -0.2) is 52.3 Å². The molecule has 2 aliphatic rings. The van der Waals surface area contributed by atoms with Gasteiger partial charge in [-0.15, -0.1) is 0 Å². The number of aromatic nitrogens is 3. The number of nitrogens with zero attached hydrogens (tertiary/aromatic N) is 3. The van der Waals surface area contributed by atoms with Gasteiger partial charge in [-0.25, -0.2) is 18.7 Å². The second kappa shape index (κ2) is 9.51. The molecule has 6 nitrogen and oxygen atoms in total. The van der Waals surface area contributed by atoms with Gasteiger partial charge in [0.2, 0.25) is 0 Å². The molecular weight excluding hydrogens is 448 g/mol. The number of nitrogens with one attached hydrogen (secondary N) is 2. The van der Waals surface area contributed by atoms with Crippen LogP contribution in [-0.2, 0) is 0 Å². The molecule has 3 aromatic heterocycles. The number of hydrogen-bond acceptors (Lipinski definition) is 5. The average Bonchev–Trinajstić information content (AvgIpc) is 3.37. The van der Waals surface area contributed by atoms with Gasteiger partial charge in [0.05, 0.1) is 24.5 Å². The van der Waals surface area contributed by atoms with Crippen LogP contribution in [0, 0.1) is 17.6 Å². The summed E-state index contributed by atoms with van der Waals surface area (Å²) in [6.45, 7) is 3.33. The third-order valence-corrected chi connectivity index (χ3v) is 7.50. The first-order valence-electron chi connectivity index (χ1n) is 12.4. The van der Waals surface area contributed by atoms with Crippen LogP contribution in [0.25, 0.3) is 21.9 Å². The van der Waals surface area contributed by atoms with Gasteiger partial charge < -0.3 is 15.0 Å². The van der Waals surface area contributed by atoms with Crippen molar-refractivity contribution in [2.75, 3.05) is 26.2 Å². The molecule has 5 heterocycles. The van der Waals surface area contributed by atoms with Crippen molar-refractivity contribution in [3.05, 3.63) is 66.1 Å². The Kier molecular flexibility index (Phi) is 6.08. The molecule has 2 aliphatic heterocycles. The quantitative estimate of drug-likeness (QED) is 0.425. The minimum atomic E-state index is -0.647. The smallest absolute Gasteiger partial charge is 0.167 e. The van der Waals surface area contributed by atoms with E-state index in [4.69, 9.17) is 4.74 Å². The van der Waals surface area contributed by atoms with E-state index in [1.165, 1.54) is 23.1 Å². The number of pyridine rings is 2. The number of rotatable bonds is 5. The Bertz CT molecular complexity index is 1340. The lowest BCUT2D eigenvalue weighted by atomic mass is 9.85. The van der Waals surface area contributed by atoms with Crippen LogP contribution < -0.4 is 10.1 Å². The summed E-state index contributed by atoms with van der Waals surface area (Å²) >= 11 is 0. The van der Waals surface area contributed by atoms with Gasteiger partial charge in [0.15, 0.2) is 17.2 Å². The molecule has 0 spiro atoms. The predicted molar refractivity (Wildman–Crippen MR) is 131 cm³/mol. The Morgan fingerprint density at radius 2 is 2.06 bits per heavy atom. The maximum atomic E-state index is 14.0. The lowest BCUT2D eigenvalue weighted by molar-refractivity contribution is 0.0619. The topological polar surface area (TPSA) is 66.1 Å². The second-order valence-electron chi connectivity index (χ2n) is 9.74. The first-order chi connectivity index (χ1) is 17.2. The van der Waals surface area contributed by atoms with Crippen molar-refractivity contribution in [1.82, 2.24) is 25.2 Å². The second-order valence-corrected chi connectivity index (χ2v) is 9.74. The van der Waals surface area contributed by atoms with E-state index in [0.717, 1.165) is 67.9 Å². The number of likely N-dealkylation sites (tertiary alicyclic amines) is 1. The number of hydrogen-bond donors (Lipinski definition) is 2. The Morgan fingerprint density at radius 1 is 1.11 bits per heavy atom. The molecule has 2 N–H and O–H groups in total. The number of benzene rings is 1. The summed E-state index contributed by atoms with van der Waals surface area (Å²) in [6, 6.07) is 7.74. The van der Waals surface area contributed by atoms with Crippen LogP contribution in [0.3, 0.4) is 0 Å². The van der Waals surface area contributed by atoms with E-state index < -0.39 is 11.6 Å². The zero-order valence-corrected chi connectivity index (χ0v) is 19.5. The highest BCUT2D eigenvalue weighted by molar-refractivity contribution is 6.05. The molecule has 0 bridgehead atoms. The lowest BCUT2D eigenvalue weighted by Gasteiger charge is -2.42. The minimum absolute atomic E-state index is 0.120. The Hall–Kier alpha value is -3.10. The molecule has 0 aliphatic carbocycles. The van der Waals surface area contributed by atoms with Crippen molar-refractivity contribution in [1.29, 1.82) is 0 Å². The third-order valence-electron chi connectivity index (χ3n) is 7.50. The molecule has 3 unspecified atom stereocenters. The predicted octanol–water partition coefficient (Wildman–Crippen LogP) is 4.97. The highest BCUT2D eigenvalue weighted by Crippen LogP contribution is 2.36. The molecule has 0 saturated carbocycles. The molecule has 6 rings (SSSR count). The van der Waals surface area contributed by atoms with Crippen molar-refractivity contribution >= 4 is 21.9 Å². The van der Waals surface area contributed by atoms with E-state index in [0.29, 0.717) is 18.4 Å². The largest absolute Gasteiger partial charge is 0.490 e. The Labute approximate surface area is 202 Å². The SMILES string of the molecule is Fc1ccc(OCC2CCCN(C3CC(c4cc[nH]c5cnc6nccc6c45)CCN3)C2)c(F)c1.